The normalized spacial score (nSPS) is 22.5. The number of hydrogen-bond donors (Lipinski definition) is 2. The van der Waals surface area contributed by atoms with Crippen molar-refractivity contribution in [2.45, 2.75) is 31.8 Å². The maximum absolute atomic E-state index is 12.5. The molecule has 0 aliphatic carbocycles. The zero-order valence-corrected chi connectivity index (χ0v) is 17.1. The molecule has 1 aromatic carbocycles. The largest absolute Gasteiger partial charge is 0.484 e. The number of likely N-dealkylation sites (tertiary alicyclic amines) is 1. The zero-order valence-electron chi connectivity index (χ0n) is 17.1. The van der Waals surface area contributed by atoms with Crippen molar-refractivity contribution < 1.29 is 24.2 Å². The van der Waals surface area contributed by atoms with Crippen LogP contribution < -0.4 is 10.1 Å². The maximum Gasteiger partial charge on any atom is 0.260 e. The summed E-state index contributed by atoms with van der Waals surface area (Å²) in [6.07, 6.45) is 1.77. The molecule has 0 unspecified atom stereocenters. The van der Waals surface area contributed by atoms with Crippen LogP contribution in [-0.2, 0) is 20.9 Å². The summed E-state index contributed by atoms with van der Waals surface area (Å²) in [5.41, 5.74) is 0.523. The van der Waals surface area contributed by atoms with Crippen molar-refractivity contribution in [3.05, 3.63) is 29.8 Å². The summed E-state index contributed by atoms with van der Waals surface area (Å²) >= 11 is 0. The number of aliphatic hydroxyl groups is 1. The first kappa shape index (κ1) is 21.5. The lowest BCUT2D eigenvalue weighted by molar-refractivity contribution is -0.137. The molecule has 2 saturated heterocycles. The monoisotopic (exact) mass is 405 g/mol. The number of benzene rings is 1. The lowest BCUT2D eigenvalue weighted by Gasteiger charge is -2.34. The summed E-state index contributed by atoms with van der Waals surface area (Å²) < 4.78 is 10.9. The van der Waals surface area contributed by atoms with Gasteiger partial charge in [0.05, 0.1) is 25.4 Å². The fourth-order valence-electron chi connectivity index (χ4n) is 3.85. The molecule has 160 valence electrons. The van der Waals surface area contributed by atoms with Gasteiger partial charge in [0.25, 0.3) is 5.91 Å². The third-order valence-corrected chi connectivity index (χ3v) is 5.70. The van der Waals surface area contributed by atoms with Gasteiger partial charge in [-0.3, -0.25) is 14.5 Å². The van der Waals surface area contributed by atoms with Crippen molar-refractivity contribution >= 4 is 11.8 Å². The molecule has 1 aromatic rings. The molecule has 8 heteroatoms. The van der Waals surface area contributed by atoms with E-state index >= 15 is 0 Å². The number of rotatable bonds is 8. The Bertz CT molecular complexity index is 690. The third-order valence-electron chi connectivity index (χ3n) is 5.70. The Hall–Kier alpha value is -2.16. The van der Waals surface area contributed by atoms with Crippen LogP contribution in [-0.4, -0.2) is 84.9 Å². The van der Waals surface area contributed by atoms with E-state index < -0.39 is 5.54 Å². The molecule has 0 spiro atoms. The van der Waals surface area contributed by atoms with Gasteiger partial charge < -0.3 is 24.8 Å². The van der Waals surface area contributed by atoms with Gasteiger partial charge >= 0.3 is 0 Å². The standard InChI is InChI=1S/C21H31N3O5/c1-21(20(27)22-8-12-25)7-2-9-24(21)15-17-3-5-18(6-4-17)29-16-19(26)23-10-13-28-14-11-23/h3-6,25H,2,7-16H2,1H3,(H,22,27)/t21-/m0/s1. The van der Waals surface area contributed by atoms with Crippen molar-refractivity contribution in [3.63, 3.8) is 0 Å². The van der Waals surface area contributed by atoms with Crippen LogP contribution in [0.5, 0.6) is 5.75 Å². The molecule has 29 heavy (non-hydrogen) atoms. The number of morpholine rings is 1. The van der Waals surface area contributed by atoms with Gasteiger partial charge in [-0.05, 0) is 44.0 Å². The molecule has 2 amide bonds. The highest BCUT2D eigenvalue weighted by Crippen LogP contribution is 2.31. The number of aliphatic hydroxyl groups excluding tert-OH is 1. The molecule has 2 heterocycles. The number of amides is 2. The quantitative estimate of drug-likeness (QED) is 0.650. The van der Waals surface area contributed by atoms with E-state index in [9.17, 15) is 9.59 Å². The predicted octanol–water partition coefficient (Wildman–Crippen LogP) is 0.387. The van der Waals surface area contributed by atoms with E-state index in [2.05, 4.69) is 10.2 Å². The molecule has 2 aliphatic rings. The van der Waals surface area contributed by atoms with Gasteiger partial charge in [0, 0.05) is 26.2 Å². The summed E-state index contributed by atoms with van der Waals surface area (Å²) in [6.45, 7) is 6.10. The maximum atomic E-state index is 12.5. The summed E-state index contributed by atoms with van der Waals surface area (Å²) in [5, 5.41) is 11.8. The van der Waals surface area contributed by atoms with Crippen LogP contribution >= 0.6 is 0 Å². The van der Waals surface area contributed by atoms with Gasteiger partial charge in [-0.1, -0.05) is 12.1 Å². The lowest BCUT2D eigenvalue weighted by atomic mass is 9.97. The van der Waals surface area contributed by atoms with E-state index in [0.29, 0.717) is 38.6 Å². The Morgan fingerprint density at radius 2 is 1.93 bits per heavy atom. The number of nitrogens with zero attached hydrogens (tertiary/aromatic N) is 2. The van der Waals surface area contributed by atoms with Gasteiger partial charge in [0.2, 0.25) is 5.91 Å². The van der Waals surface area contributed by atoms with Crippen molar-refractivity contribution in [3.8, 4) is 5.75 Å². The molecule has 2 aliphatic heterocycles. The molecule has 3 rings (SSSR count). The second kappa shape index (κ2) is 10.0. The van der Waals surface area contributed by atoms with E-state index in [1.54, 1.807) is 4.90 Å². The van der Waals surface area contributed by atoms with Crippen molar-refractivity contribution in [1.29, 1.82) is 0 Å². The van der Waals surface area contributed by atoms with Crippen LogP contribution in [0.1, 0.15) is 25.3 Å². The molecule has 0 bridgehead atoms. The van der Waals surface area contributed by atoms with Crippen LogP contribution in [0.3, 0.4) is 0 Å². The Morgan fingerprint density at radius 1 is 1.21 bits per heavy atom. The van der Waals surface area contributed by atoms with Gasteiger partial charge in [-0.15, -0.1) is 0 Å². The molecule has 0 aromatic heterocycles. The molecule has 2 fully saturated rings. The first-order valence-corrected chi connectivity index (χ1v) is 10.2. The predicted molar refractivity (Wildman–Crippen MR) is 107 cm³/mol. The molecular weight excluding hydrogens is 374 g/mol. The summed E-state index contributed by atoms with van der Waals surface area (Å²) in [5.74, 6) is 0.588. The fourth-order valence-corrected chi connectivity index (χ4v) is 3.85. The minimum atomic E-state index is -0.561. The molecule has 0 saturated carbocycles. The van der Waals surface area contributed by atoms with Gasteiger partial charge in [0.1, 0.15) is 5.75 Å². The molecule has 2 N–H and O–H groups in total. The number of hydrogen-bond acceptors (Lipinski definition) is 6. The van der Waals surface area contributed by atoms with Crippen molar-refractivity contribution in [2.24, 2.45) is 0 Å². The number of carbonyl (C=O) groups excluding carboxylic acids is 2. The van der Waals surface area contributed by atoms with Crippen LogP contribution in [0.2, 0.25) is 0 Å². The summed E-state index contributed by atoms with van der Waals surface area (Å²) in [4.78, 5) is 28.6. The highest BCUT2D eigenvalue weighted by atomic mass is 16.5. The second-order valence-corrected chi connectivity index (χ2v) is 7.70. The topological polar surface area (TPSA) is 91.3 Å². The first-order valence-electron chi connectivity index (χ1n) is 10.2. The highest BCUT2D eigenvalue weighted by Gasteiger charge is 2.42. The van der Waals surface area contributed by atoms with Crippen molar-refractivity contribution in [1.82, 2.24) is 15.1 Å². The molecule has 8 nitrogen and oxygen atoms in total. The second-order valence-electron chi connectivity index (χ2n) is 7.70. The highest BCUT2D eigenvalue weighted by molar-refractivity contribution is 5.86. The van der Waals surface area contributed by atoms with Gasteiger partial charge in [0.15, 0.2) is 6.61 Å². The van der Waals surface area contributed by atoms with E-state index in [4.69, 9.17) is 14.6 Å². The smallest absolute Gasteiger partial charge is 0.260 e. The SMILES string of the molecule is C[C@@]1(C(=O)NCCO)CCCN1Cc1ccc(OCC(=O)N2CCOCC2)cc1. The van der Waals surface area contributed by atoms with Gasteiger partial charge in [-0.25, -0.2) is 0 Å². The zero-order chi connectivity index (χ0) is 20.7. The van der Waals surface area contributed by atoms with E-state index in [1.165, 1.54) is 0 Å². The van der Waals surface area contributed by atoms with Crippen LogP contribution in [0.25, 0.3) is 0 Å². The van der Waals surface area contributed by atoms with Crippen LogP contribution in [0, 0.1) is 0 Å². The van der Waals surface area contributed by atoms with E-state index in [0.717, 1.165) is 24.9 Å². The van der Waals surface area contributed by atoms with Gasteiger partial charge in [-0.2, -0.15) is 0 Å². The Kier molecular flexibility index (Phi) is 7.46. The lowest BCUT2D eigenvalue weighted by Crippen LogP contribution is -2.53. The minimum absolute atomic E-state index is 0.0224. The van der Waals surface area contributed by atoms with Crippen molar-refractivity contribution in [2.75, 3.05) is 52.6 Å². The number of nitrogens with one attached hydrogen (secondary N) is 1. The minimum Gasteiger partial charge on any atom is -0.484 e. The molecular formula is C21H31N3O5. The average Bonchev–Trinajstić information content (AvgIpc) is 3.13. The van der Waals surface area contributed by atoms with E-state index in [1.807, 2.05) is 31.2 Å². The molecule has 1 atom stereocenters. The molecule has 0 radical (unpaired) electrons. The Morgan fingerprint density at radius 3 is 2.62 bits per heavy atom. The van der Waals surface area contributed by atoms with Crippen LogP contribution in [0.4, 0.5) is 0 Å². The number of carbonyl (C=O) groups is 2. The Labute approximate surface area is 171 Å². The average molecular weight is 405 g/mol. The Balaban J connectivity index is 1.52. The first-order chi connectivity index (χ1) is 14.0. The third kappa shape index (κ3) is 5.46. The summed E-state index contributed by atoms with van der Waals surface area (Å²) in [7, 11) is 0. The fraction of sp³-hybridized carbons (Fsp3) is 0.619. The van der Waals surface area contributed by atoms with Crippen LogP contribution in [0.15, 0.2) is 24.3 Å². The summed E-state index contributed by atoms with van der Waals surface area (Å²) in [6, 6.07) is 7.67. The van der Waals surface area contributed by atoms with E-state index in [-0.39, 0.29) is 31.6 Å². The number of ether oxygens (including phenoxy) is 2.